The number of benzene rings is 1. The van der Waals surface area contributed by atoms with Gasteiger partial charge >= 0.3 is 0 Å². The van der Waals surface area contributed by atoms with E-state index in [1.54, 1.807) is 12.1 Å². The van der Waals surface area contributed by atoms with Gasteiger partial charge in [-0.15, -0.1) is 10.2 Å². The lowest BCUT2D eigenvalue weighted by Crippen LogP contribution is -2.15. The summed E-state index contributed by atoms with van der Waals surface area (Å²) in [6.07, 6.45) is 0. The van der Waals surface area contributed by atoms with E-state index < -0.39 is 0 Å². The molecule has 0 radical (unpaired) electrons. The van der Waals surface area contributed by atoms with Crippen molar-refractivity contribution in [3.8, 4) is 11.6 Å². The van der Waals surface area contributed by atoms with Crippen molar-refractivity contribution in [2.45, 2.75) is 18.6 Å². The third-order valence-electron chi connectivity index (χ3n) is 3.44. The zero-order valence-electron chi connectivity index (χ0n) is 13.8. The maximum Gasteiger partial charge on any atom is 0.234 e. The summed E-state index contributed by atoms with van der Waals surface area (Å²) in [5.74, 6) is 1.05. The molecule has 0 atom stereocenters. The predicted molar refractivity (Wildman–Crippen MR) is 112 cm³/mol. The van der Waals surface area contributed by atoms with Crippen LogP contribution in [0.3, 0.4) is 0 Å². The smallest absolute Gasteiger partial charge is 0.234 e. The molecule has 1 amide bonds. The zero-order chi connectivity index (χ0) is 19.6. The molecule has 1 aromatic carbocycles. The van der Waals surface area contributed by atoms with E-state index in [4.69, 9.17) is 39.2 Å². The van der Waals surface area contributed by atoms with Crippen molar-refractivity contribution < 1.29 is 9.21 Å². The number of amides is 1. The van der Waals surface area contributed by atoms with E-state index in [-0.39, 0.29) is 11.7 Å². The van der Waals surface area contributed by atoms with Crippen LogP contribution in [0.1, 0.15) is 6.92 Å². The number of thioether (sulfide) groups is 1. The van der Waals surface area contributed by atoms with Gasteiger partial charge in [-0.25, -0.2) is 0 Å². The standard InChI is InChI=1S/C16H12BrCl3N4O2S/c1-2-24-15(12-3-4-13(17)26-12)22-23-16(24)27-7-14(25)21-11-6-9(19)8(18)5-10(11)20/h3-6H,2,7H2,1H3,(H,21,25). The van der Waals surface area contributed by atoms with Crippen molar-refractivity contribution in [1.29, 1.82) is 0 Å². The quantitative estimate of drug-likeness (QED) is 0.325. The number of furan rings is 1. The van der Waals surface area contributed by atoms with Crippen molar-refractivity contribution in [3.05, 3.63) is 44.0 Å². The molecule has 1 N–H and O–H groups in total. The highest BCUT2D eigenvalue weighted by molar-refractivity contribution is 9.10. The van der Waals surface area contributed by atoms with Crippen LogP contribution < -0.4 is 5.32 Å². The monoisotopic (exact) mass is 508 g/mol. The maximum atomic E-state index is 12.3. The largest absolute Gasteiger partial charge is 0.446 e. The number of carbonyl (C=O) groups excluding carboxylic acids is 1. The van der Waals surface area contributed by atoms with E-state index >= 15 is 0 Å². The first-order valence-corrected chi connectivity index (χ1v) is 10.6. The summed E-state index contributed by atoms with van der Waals surface area (Å²) < 4.78 is 8.01. The molecule has 2 aromatic heterocycles. The molecular formula is C16H12BrCl3N4O2S. The molecule has 11 heteroatoms. The minimum Gasteiger partial charge on any atom is -0.446 e. The fraction of sp³-hybridized carbons (Fsp3) is 0.188. The number of hydrogen-bond acceptors (Lipinski definition) is 5. The van der Waals surface area contributed by atoms with E-state index in [1.807, 2.05) is 11.5 Å². The molecule has 0 unspecified atom stereocenters. The van der Waals surface area contributed by atoms with Crippen molar-refractivity contribution in [2.24, 2.45) is 0 Å². The molecule has 3 rings (SSSR count). The normalized spacial score (nSPS) is 11.0. The summed E-state index contributed by atoms with van der Waals surface area (Å²) in [5.41, 5.74) is 0.398. The molecule has 3 aromatic rings. The van der Waals surface area contributed by atoms with Crippen LogP contribution in [0.25, 0.3) is 11.6 Å². The van der Waals surface area contributed by atoms with E-state index in [9.17, 15) is 4.79 Å². The van der Waals surface area contributed by atoms with Crippen molar-refractivity contribution in [3.63, 3.8) is 0 Å². The van der Waals surface area contributed by atoms with Gasteiger partial charge in [0.1, 0.15) is 0 Å². The topological polar surface area (TPSA) is 73.0 Å². The molecule has 142 valence electrons. The molecule has 0 spiro atoms. The first-order chi connectivity index (χ1) is 12.9. The van der Waals surface area contributed by atoms with Gasteiger partial charge in [-0.2, -0.15) is 0 Å². The molecule has 27 heavy (non-hydrogen) atoms. The Morgan fingerprint density at radius 2 is 1.96 bits per heavy atom. The molecule has 0 saturated carbocycles. The summed E-state index contributed by atoms with van der Waals surface area (Å²) in [6, 6.07) is 6.57. The maximum absolute atomic E-state index is 12.3. The lowest BCUT2D eigenvalue weighted by molar-refractivity contribution is -0.113. The summed E-state index contributed by atoms with van der Waals surface area (Å²) in [5, 5.41) is 12.6. The Morgan fingerprint density at radius 1 is 1.22 bits per heavy atom. The van der Waals surface area contributed by atoms with Crippen LogP contribution in [0.2, 0.25) is 15.1 Å². The second-order valence-electron chi connectivity index (χ2n) is 5.24. The van der Waals surface area contributed by atoms with E-state index in [1.165, 1.54) is 23.9 Å². The van der Waals surface area contributed by atoms with Gasteiger partial charge in [-0.3, -0.25) is 9.36 Å². The molecule has 0 bridgehead atoms. The lowest BCUT2D eigenvalue weighted by atomic mass is 10.3. The Balaban J connectivity index is 1.69. The van der Waals surface area contributed by atoms with Crippen molar-refractivity contribution in [2.75, 3.05) is 11.1 Å². The van der Waals surface area contributed by atoms with E-state index in [0.29, 0.717) is 48.7 Å². The second kappa shape index (κ2) is 8.87. The Kier molecular flexibility index (Phi) is 6.75. The van der Waals surface area contributed by atoms with Crippen LogP contribution in [-0.2, 0) is 11.3 Å². The fourth-order valence-corrected chi connectivity index (χ4v) is 3.93. The van der Waals surface area contributed by atoms with Crippen LogP contribution in [-0.4, -0.2) is 26.4 Å². The van der Waals surface area contributed by atoms with Gasteiger partial charge in [0.15, 0.2) is 15.6 Å². The second-order valence-corrected chi connectivity index (χ2v) is 8.18. The molecular weight excluding hydrogens is 499 g/mol. The average molecular weight is 511 g/mol. The van der Waals surface area contributed by atoms with Crippen LogP contribution >= 0.6 is 62.5 Å². The third kappa shape index (κ3) is 4.81. The first-order valence-electron chi connectivity index (χ1n) is 7.65. The van der Waals surface area contributed by atoms with Gasteiger partial charge in [0, 0.05) is 6.54 Å². The van der Waals surface area contributed by atoms with E-state index in [2.05, 4.69) is 31.4 Å². The molecule has 0 fully saturated rings. The third-order valence-corrected chi connectivity index (χ3v) is 5.87. The molecule has 0 aliphatic rings. The Morgan fingerprint density at radius 3 is 2.63 bits per heavy atom. The van der Waals surface area contributed by atoms with Gasteiger partial charge in [-0.1, -0.05) is 46.6 Å². The highest BCUT2D eigenvalue weighted by Crippen LogP contribution is 2.32. The number of hydrogen-bond donors (Lipinski definition) is 1. The lowest BCUT2D eigenvalue weighted by Gasteiger charge is -2.09. The summed E-state index contributed by atoms with van der Waals surface area (Å²) in [6.45, 7) is 2.59. The molecule has 0 saturated heterocycles. The zero-order valence-corrected chi connectivity index (χ0v) is 18.5. The summed E-state index contributed by atoms with van der Waals surface area (Å²) in [7, 11) is 0. The van der Waals surface area contributed by atoms with Gasteiger partial charge in [0.25, 0.3) is 0 Å². The van der Waals surface area contributed by atoms with Gasteiger partial charge < -0.3 is 9.73 Å². The number of carbonyl (C=O) groups is 1. The average Bonchev–Trinajstić information content (AvgIpc) is 3.23. The first kappa shape index (κ1) is 20.5. The van der Waals surface area contributed by atoms with Gasteiger partial charge in [-0.05, 0) is 47.1 Å². The van der Waals surface area contributed by atoms with E-state index in [0.717, 1.165) is 0 Å². The number of rotatable bonds is 6. The minimum atomic E-state index is -0.256. The van der Waals surface area contributed by atoms with Gasteiger partial charge in [0.2, 0.25) is 11.7 Å². The van der Waals surface area contributed by atoms with Crippen molar-refractivity contribution >= 4 is 74.1 Å². The van der Waals surface area contributed by atoms with Crippen LogP contribution in [0, 0.1) is 0 Å². The molecule has 2 heterocycles. The number of nitrogens with one attached hydrogen (secondary N) is 1. The Bertz CT molecular complexity index is 992. The number of anilines is 1. The predicted octanol–water partition coefficient (Wildman–Crippen LogP) is 6.01. The van der Waals surface area contributed by atoms with Gasteiger partial charge in [0.05, 0.1) is 26.5 Å². The Labute approximate surface area is 182 Å². The SMILES string of the molecule is CCn1c(SCC(=O)Nc2cc(Cl)c(Cl)cc2Cl)nnc1-c1ccc(Br)o1. The van der Waals surface area contributed by atoms with Crippen molar-refractivity contribution in [1.82, 2.24) is 14.8 Å². The number of aromatic nitrogens is 3. The highest BCUT2D eigenvalue weighted by Gasteiger charge is 2.17. The number of halogens is 4. The van der Waals surface area contributed by atoms with Crippen LogP contribution in [0.15, 0.2) is 38.5 Å². The van der Waals surface area contributed by atoms with Crippen LogP contribution in [0.4, 0.5) is 5.69 Å². The fourth-order valence-electron chi connectivity index (χ4n) is 2.23. The Hall–Kier alpha value is -1.19. The summed E-state index contributed by atoms with van der Waals surface area (Å²) in [4.78, 5) is 12.3. The molecule has 0 aliphatic carbocycles. The molecule has 6 nitrogen and oxygen atoms in total. The molecule has 0 aliphatic heterocycles. The minimum absolute atomic E-state index is 0.122. The number of nitrogens with zero attached hydrogens (tertiary/aromatic N) is 3. The summed E-state index contributed by atoms with van der Waals surface area (Å²) >= 11 is 22.5. The van der Waals surface area contributed by atoms with Crippen LogP contribution in [0.5, 0.6) is 0 Å². The highest BCUT2D eigenvalue weighted by atomic mass is 79.9.